The summed E-state index contributed by atoms with van der Waals surface area (Å²) in [6, 6.07) is 24.7. The largest absolute Gasteiger partial charge is 0.352 e. The standard InChI is InChI=1S/C29H35N3O3S/c1-24-17-21-31(22-18-24)20-8-19-30-29(33)26-15-13-25(14-16-26)23-32(27-9-4-2-5-10-27)36(34,35)28-11-6-3-7-12-28/h2-7,9-16,24H,8,17-23H2,1H3,(H,30,33). The number of likely N-dealkylation sites (tertiary alicyclic amines) is 1. The third kappa shape index (κ3) is 6.74. The maximum Gasteiger partial charge on any atom is 0.264 e. The van der Waals surface area contributed by atoms with Gasteiger partial charge in [-0.25, -0.2) is 8.42 Å². The van der Waals surface area contributed by atoms with Crippen LogP contribution in [0.5, 0.6) is 0 Å². The molecule has 1 aliphatic rings. The Hall–Kier alpha value is -3.16. The van der Waals surface area contributed by atoms with Crippen molar-refractivity contribution in [3.63, 3.8) is 0 Å². The van der Waals surface area contributed by atoms with E-state index in [1.807, 2.05) is 30.3 Å². The quantitative estimate of drug-likeness (QED) is 0.397. The molecule has 0 saturated carbocycles. The molecule has 0 aromatic heterocycles. The van der Waals surface area contributed by atoms with Crippen molar-refractivity contribution in [2.75, 3.05) is 30.5 Å². The second-order valence-corrected chi connectivity index (χ2v) is 11.4. The van der Waals surface area contributed by atoms with Crippen molar-refractivity contribution in [2.24, 2.45) is 5.92 Å². The molecule has 4 rings (SSSR count). The molecular formula is C29H35N3O3S. The first-order valence-corrected chi connectivity index (χ1v) is 14.1. The van der Waals surface area contributed by atoms with E-state index < -0.39 is 10.0 Å². The highest BCUT2D eigenvalue weighted by molar-refractivity contribution is 7.92. The number of anilines is 1. The third-order valence-corrected chi connectivity index (χ3v) is 8.52. The molecule has 1 heterocycles. The predicted molar refractivity (Wildman–Crippen MR) is 144 cm³/mol. The molecule has 3 aromatic carbocycles. The molecule has 0 bridgehead atoms. The number of nitrogens with one attached hydrogen (secondary N) is 1. The number of hydrogen-bond acceptors (Lipinski definition) is 4. The Morgan fingerprint density at radius 2 is 1.53 bits per heavy atom. The van der Waals surface area contributed by atoms with Gasteiger partial charge in [0.1, 0.15) is 0 Å². The minimum Gasteiger partial charge on any atom is -0.352 e. The van der Waals surface area contributed by atoms with Gasteiger partial charge in [0.2, 0.25) is 0 Å². The second kappa shape index (κ2) is 12.2. The lowest BCUT2D eigenvalue weighted by Crippen LogP contribution is -2.35. The number of sulfonamides is 1. The molecule has 1 aliphatic heterocycles. The molecule has 0 unspecified atom stereocenters. The lowest BCUT2D eigenvalue weighted by atomic mass is 9.99. The van der Waals surface area contributed by atoms with Crippen molar-refractivity contribution >= 4 is 21.6 Å². The number of benzene rings is 3. The fourth-order valence-electron chi connectivity index (χ4n) is 4.45. The van der Waals surface area contributed by atoms with Crippen molar-refractivity contribution < 1.29 is 13.2 Å². The van der Waals surface area contributed by atoms with E-state index in [9.17, 15) is 13.2 Å². The topological polar surface area (TPSA) is 69.7 Å². The van der Waals surface area contributed by atoms with Gasteiger partial charge in [-0.1, -0.05) is 55.5 Å². The monoisotopic (exact) mass is 505 g/mol. The zero-order chi connectivity index (χ0) is 25.4. The zero-order valence-corrected chi connectivity index (χ0v) is 21.7. The highest BCUT2D eigenvalue weighted by Crippen LogP contribution is 2.26. The summed E-state index contributed by atoms with van der Waals surface area (Å²) in [7, 11) is -3.76. The molecule has 190 valence electrons. The number of piperidine rings is 1. The fraction of sp³-hybridized carbons (Fsp3) is 0.345. The minimum atomic E-state index is -3.76. The van der Waals surface area contributed by atoms with E-state index in [2.05, 4.69) is 17.1 Å². The normalized spacial score (nSPS) is 14.9. The first kappa shape index (κ1) is 25.9. The van der Waals surface area contributed by atoms with Gasteiger partial charge in [0.25, 0.3) is 15.9 Å². The van der Waals surface area contributed by atoms with E-state index >= 15 is 0 Å². The number of carbonyl (C=O) groups is 1. The Labute approximate surface area is 215 Å². The number of amides is 1. The Kier molecular flexibility index (Phi) is 8.78. The first-order valence-electron chi connectivity index (χ1n) is 12.7. The van der Waals surface area contributed by atoms with Crippen molar-refractivity contribution in [1.29, 1.82) is 0 Å². The van der Waals surface area contributed by atoms with Crippen LogP contribution in [-0.4, -0.2) is 45.4 Å². The molecule has 0 radical (unpaired) electrons. The lowest BCUT2D eigenvalue weighted by molar-refractivity contribution is 0.0950. The SMILES string of the molecule is CC1CCN(CCCNC(=O)c2ccc(CN(c3ccccc3)S(=O)(=O)c3ccccc3)cc2)CC1. The summed E-state index contributed by atoms with van der Waals surface area (Å²) >= 11 is 0. The van der Waals surface area contributed by atoms with Crippen LogP contribution in [0.25, 0.3) is 0 Å². The Balaban J connectivity index is 1.37. The summed E-state index contributed by atoms with van der Waals surface area (Å²) in [5, 5.41) is 3.01. The summed E-state index contributed by atoms with van der Waals surface area (Å²) in [5.74, 6) is 0.716. The highest BCUT2D eigenvalue weighted by Gasteiger charge is 2.25. The summed E-state index contributed by atoms with van der Waals surface area (Å²) < 4.78 is 28.3. The molecule has 7 heteroatoms. The number of carbonyl (C=O) groups excluding carboxylic acids is 1. The molecule has 0 aliphatic carbocycles. The second-order valence-electron chi connectivity index (χ2n) is 9.49. The molecule has 1 amide bonds. The van der Waals surface area contributed by atoms with Gasteiger partial charge in [0.05, 0.1) is 17.1 Å². The highest BCUT2D eigenvalue weighted by atomic mass is 32.2. The van der Waals surface area contributed by atoms with Crippen LogP contribution in [0.4, 0.5) is 5.69 Å². The minimum absolute atomic E-state index is 0.106. The van der Waals surface area contributed by atoms with Gasteiger partial charge in [0.15, 0.2) is 0 Å². The van der Waals surface area contributed by atoms with Gasteiger partial charge in [0, 0.05) is 12.1 Å². The van der Waals surface area contributed by atoms with Gasteiger partial charge < -0.3 is 10.2 Å². The molecule has 1 fully saturated rings. The fourth-order valence-corrected chi connectivity index (χ4v) is 5.92. The molecule has 1 saturated heterocycles. The van der Waals surface area contributed by atoms with Crippen LogP contribution in [-0.2, 0) is 16.6 Å². The van der Waals surface area contributed by atoms with Crippen molar-refractivity contribution in [3.05, 3.63) is 96.1 Å². The van der Waals surface area contributed by atoms with Gasteiger partial charge in [-0.05, 0) is 86.8 Å². The number of para-hydroxylation sites is 1. The smallest absolute Gasteiger partial charge is 0.264 e. The van der Waals surface area contributed by atoms with Crippen LogP contribution in [0.1, 0.15) is 42.1 Å². The maximum absolute atomic E-state index is 13.4. The maximum atomic E-state index is 13.4. The van der Waals surface area contributed by atoms with Crippen LogP contribution in [0.15, 0.2) is 89.8 Å². The van der Waals surface area contributed by atoms with Crippen LogP contribution < -0.4 is 9.62 Å². The predicted octanol–water partition coefficient (Wildman–Crippen LogP) is 4.93. The van der Waals surface area contributed by atoms with E-state index in [-0.39, 0.29) is 17.3 Å². The first-order chi connectivity index (χ1) is 17.4. The molecule has 1 N–H and O–H groups in total. The Bertz CT molecular complexity index is 1210. The number of hydrogen-bond donors (Lipinski definition) is 1. The van der Waals surface area contributed by atoms with Crippen LogP contribution in [0.2, 0.25) is 0 Å². The summed E-state index contributed by atoms with van der Waals surface area (Å²) in [4.78, 5) is 15.3. The molecular weight excluding hydrogens is 470 g/mol. The third-order valence-electron chi connectivity index (χ3n) is 6.73. The van der Waals surface area contributed by atoms with Gasteiger partial charge in [-0.2, -0.15) is 0 Å². The number of nitrogens with zero attached hydrogens (tertiary/aromatic N) is 2. The van der Waals surface area contributed by atoms with Crippen LogP contribution >= 0.6 is 0 Å². The zero-order valence-electron chi connectivity index (χ0n) is 20.8. The van der Waals surface area contributed by atoms with E-state index in [0.29, 0.717) is 17.8 Å². The van der Waals surface area contributed by atoms with Gasteiger partial charge in [-0.3, -0.25) is 9.10 Å². The molecule has 36 heavy (non-hydrogen) atoms. The van der Waals surface area contributed by atoms with Crippen molar-refractivity contribution in [3.8, 4) is 0 Å². The molecule has 3 aromatic rings. The summed E-state index contributed by atoms with van der Waals surface area (Å²) in [6.07, 6.45) is 3.45. The van der Waals surface area contributed by atoms with Crippen LogP contribution in [0, 0.1) is 5.92 Å². The average molecular weight is 506 g/mol. The summed E-state index contributed by atoms with van der Waals surface area (Å²) in [5.41, 5.74) is 1.96. The van der Waals surface area contributed by atoms with E-state index in [4.69, 9.17) is 0 Å². The van der Waals surface area contributed by atoms with Gasteiger partial charge in [-0.15, -0.1) is 0 Å². The summed E-state index contributed by atoms with van der Waals surface area (Å²) in [6.45, 7) is 6.43. The Morgan fingerprint density at radius 1 is 0.917 bits per heavy atom. The van der Waals surface area contributed by atoms with E-state index in [0.717, 1.165) is 37.5 Å². The van der Waals surface area contributed by atoms with Crippen molar-refractivity contribution in [2.45, 2.75) is 37.6 Å². The van der Waals surface area contributed by atoms with E-state index in [1.54, 1.807) is 54.6 Å². The Morgan fingerprint density at radius 3 is 2.17 bits per heavy atom. The van der Waals surface area contributed by atoms with Crippen molar-refractivity contribution in [1.82, 2.24) is 10.2 Å². The van der Waals surface area contributed by atoms with Crippen LogP contribution in [0.3, 0.4) is 0 Å². The average Bonchev–Trinajstić information content (AvgIpc) is 2.92. The number of rotatable bonds is 10. The van der Waals surface area contributed by atoms with Gasteiger partial charge >= 0.3 is 0 Å². The molecule has 0 atom stereocenters. The van der Waals surface area contributed by atoms with E-state index in [1.165, 1.54) is 17.1 Å². The molecule has 6 nitrogen and oxygen atoms in total. The molecule has 0 spiro atoms. The lowest BCUT2D eigenvalue weighted by Gasteiger charge is -2.30.